The van der Waals surface area contributed by atoms with Crippen LogP contribution in [0.25, 0.3) is 0 Å². The molecule has 0 bridgehead atoms. The maximum Gasteiger partial charge on any atom is 0.0184 e. The Bertz CT molecular complexity index is 284. The number of thiol groups is 2. The van der Waals surface area contributed by atoms with Crippen LogP contribution in [-0.4, -0.2) is 23.0 Å². The molecule has 0 amide bonds. The lowest BCUT2D eigenvalue weighted by atomic mass is 10.2. The fourth-order valence-corrected chi connectivity index (χ4v) is 3.72. The second-order valence-electron chi connectivity index (χ2n) is 3.72. The summed E-state index contributed by atoms with van der Waals surface area (Å²) in [5, 5.41) is 0. The van der Waals surface area contributed by atoms with Crippen LogP contribution < -0.4 is 0 Å². The maximum atomic E-state index is 4.21. The number of hydrogen-bond acceptors (Lipinski definition) is 4. The molecule has 0 saturated heterocycles. The van der Waals surface area contributed by atoms with Gasteiger partial charge in [0.25, 0.3) is 0 Å². The summed E-state index contributed by atoms with van der Waals surface area (Å²) < 4.78 is 0. The van der Waals surface area contributed by atoms with E-state index in [0.717, 1.165) is 28.8 Å². The van der Waals surface area contributed by atoms with Crippen molar-refractivity contribution in [2.45, 2.75) is 17.9 Å². The summed E-state index contributed by atoms with van der Waals surface area (Å²) in [5.74, 6) is 6.53. The fourth-order valence-electron chi connectivity index (χ4n) is 1.34. The molecule has 1 aromatic carbocycles. The third-order valence-electron chi connectivity index (χ3n) is 2.24. The highest BCUT2D eigenvalue weighted by atomic mass is 32.2. The highest BCUT2D eigenvalue weighted by molar-refractivity contribution is 7.99. The zero-order chi connectivity index (χ0) is 12.3. The van der Waals surface area contributed by atoms with Gasteiger partial charge in [0.15, 0.2) is 0 Å². The van der Waals surface area contributed by atoms with Gasteiger partial charge in [-0.25, -0.2) is 0 Å². The van der Waals surface area contributed by atoms with Gasteiger partial charge in [0.1, 0.15) is 0 Å². The Morgan fingerprint density at radius 3 is 1.76 bits per heavy atom. The van der Waals surface area contributed by atoms with Crippen LogP contribution >= 0.6 is 48.8 Å². The SMILES string of the molecule is SCCCSCc1ccc(CSCCS)cc1. The smallest absolute Gasteiger partial charge is 0.0184 e. The maximum absolute atomic E-state index is 4.21. The molecule has 0 aromatic heterocycles. The van der Waals surface area contributed by atoms with Gasteiger partial charge >= 0.3 is 0 Å². The quantitative estimate of drug-likeness (QED) is 0.512. The summed E-state index contributed by atoms with van der Waals surface area (Å²) in [7, 11) is 0. The molecule has 0 atom stereocenters. The molecule has 0 aliphatic carbocycles. The first-order valence-electron chi connectivity index (χ1n) is 5.82. The second kappa shape index (κ2) is 10.5. The lowest BCUT2D eigenvalue weighted by Crippen LogP contribution is -1.87. The molecule has 0 unspecified atom stereocenters. The van der Waals surface area contributed by atoms with E-state index in [1.54, 1.807) is 0 Å². The van der Waals surface area contributed by atoms with Crippen LogP contribution in [0.1, 0.15) is 17.5 Å². The molecule has 0 nitrogen and oxygen atoms in total. The minimum Gasteiger partial charge on any atom is -0.179 e. The number of rotatable bonds is 9. The van der Waals surface area contributed by atoms with Gasteiger partial charge in [0.2, 0.25) is 0 Å². The highest BCUT2D eigenvalue weighted by Gasteiger charge is 1.96. The molecule has 0 radical (unpaired) electrons. The zero-order valence-electron chi connectivity index (χ0n) is 9.97. The summed E-state index contributed by atoms with van der Waals surface area (Å²) >= 11 is 12.4. The summed E-state index contributed by atoms with van der Waals surface area (Å²) in [6.07, 6.45) is 1.20. The molecule has 0 spiro atoms. The van der Waals surface area contributed by atoms with Crippen LogP contribution in [0.3, 0.4) is 0 Å². The van der Waals surface area contributed by atoms with Crippen molar-refractivity contribution in [3.05, 3.63) is 35.4 Å². The molecule has 0 aliphatic heterocycles. The van der Waals surface area contributed by atoms with Gasteiger partial charge < -0.3 is 0 Å². The van der Waals surface area contributed by atoms with E-state index in [1.165, 1.54) is 23.3 Å². The van der Waals surface area contributed by atoms with Crippen LogP contribution in [0.15, 0.2) is 24.3 Å². The molecular weight excluding hydrogens is 284 g/mol. The van der Waals surface area contributed by atoms with Crippen LogP contribution in [0.2, 0.25) is 0 Å². The van der Waals surface area contributed by atoms with Gasteiger partial charge in [0.05, 0.1) is 0 Å². The van der Waals surface area contributed by atoms with E-state index in [0.29, 0.717) is 0 Å². The third-order valence-corrected chi connectivity index (χ3v) is 5.23. The summed E-state index contributed by atoms with van der Waals surface area (Å²) in [6, 6.07) is 9.01. The minimum absolute atomic E-state index is 0.963. The van der Waals surface area contributed by atoms with Crippen molar-refractivity contribution in [3.63, 3.8) is 0 Å². The fraction of sp³-hybridized carbons (Fsp3) is 0.538. The van der Waals surface area contributed by atoms with Gasteiger partial charge in [-0.05, 0) is 34.8 Å². The van der Waals surface area contributed by atoms with Crippen molar-refractivity contribution in [2.75, 3.05) is 23.0 Å². The normalized spacial score (nSPS) is 10.7. The summed E-state index contributed by atoms with van der Waals surface area (Å²) in [5.41, 5.74) is 2.85. The van der Waals surface area contributed by atoms with Gasteiger partial charge in [0, 0.05) is 17.3 Å². The van der Waals surface area contributed by atoms with E-state index in [9.17, 15) is 0 Å². The predicted molar refractivity (Wildman–Crippen MR) is 91.1 cm³/mol. The van der Waals surface area contributed by atoms with Gasteiger partial charge in [-0.3, -0.25) is 0 Å². The van der Waals surface area contributed by atoms with Crippen LogP contribution in [0, 0.1) is 0 Å². The highest BCUT2D eigenvalue weighted by Crippen LogP contribution is 2.17. The van der Waals surface area contributed by atoms with Crippen molar-refractivity contribution < 1.29 is 0 Å². The molecule has 0 saturated carbocycles. The summed E-state index contributed by atoms with van der Waals surface area (Å²) in [4.78, 5) is 0. The Hall–Kier alpha value is 0.620. The average Bonchev–Trinajstić information content (AvgIpc) is 2.37. The van der Waals surface area contributed by atoms with E-state index in [4.69, 9.17) is 0 Å². The minimum atomic E-state index is 0.963. The Morgan fingerprint density at radius 1 is 0.765 bits per heavy atom. The first-order chi connectivity index (χ1) is 8.36. The third kappa shape index (κ3) is 7.60. The lowest BCUT2D eigenvalue weighted by Gasteiger charge is -2.04. The van der Waals surface area contributed by atoms with E-state index in [1.807, 2.05) is 23.5 Å². The Kier molecular flexibility index (Phi) is 9.71. The van der Waals surface area contributed by atoms with Crippen LogP contribution in [0.4, 0.5) is 0 Å². The van der Waals surface area contributed by atoms with Gasteiger partial charge in [-0.1, -0.05) is 24.3 Å². The first kappa shape index (κ1) is 15.7. The molecule has 0 fully saturated rings. The predicted octanol–water partition coefficient (Wildman–Crippen LogP) is 4.40. The molecule has 96 valence electrons. The van der Waals surface area contributed by atoms with Crippen molar-refractivity contribution in [1.29, 1.82) is 0 Å². The Labute approximate surface area is 125 Å². The van der Waals surface area contributed by atoms with Crippen molar-refractivity contribution in [2.24, 2.45) is 0 Å². The molecule has 1 rings (SSSR count). The largest absolute Gasteiger partial charge is 0.179 e. The van der Waals surface area contributed by atoms with Crippen molar-refractivity contribution in [1.82, 2.24) is 0 Å². The van der Waals surface area contributed by atoms with Crippen LogP contribution in [-0.2, 0) is 11.5 Å². The van der Waals surface area contributed by atoms with Crippen molar-refractivity contribution >= 4 is 48.8 Å². The molecule has 4 heteroatoms. The molecule has 0 aliphatic rings. The number of benzene rings is 1. The molecule has 1 aromatic rings. The Balaban J connectivity index is 2.24. The summed E-state index contributed by atoms with van der Waals surface area (Å²) in [6.45, 7) is 0. The van der Waals surface area contributed by atoms with E-state index in [-0.39, 0.29) is 0 Å². The van der Waals surface area contributed by atoms with Crippen molar-refractivity contribution in [3.8, 4) is 0 Å². The zero-order valence-corrected chi connectivity index (χ0v) is 13.4. The van der Waals surface area contributed by atoms with Gasteiger partial charge in [-0.2, -0.15) is 48.8 Å². The van der Waals surface area contributed by atoms with Gasteiger partial charge in [-0.15, -0.1) is 0 Å². The molecule has 17 heavy (non-hydrogen) atoms. The molecule has 0 N–H and O–H groups in total. The van der Waals surface area contributed by atoms with Crippen LogP contribution in [0.5, 0.6) is 0 Å². The second-order valence-corrected chi connectivity index (χ2v) is 6.83. The monoisotopic (exact) mass is 304 g/mol. The van der Waals surface area contributed by atoms with E-state index < -0.39 is 0 Å². The molecular formula is C13H20S4. The van der Waals surface area contributed by atoms with E-state index >= 15 is 0 Å². The first-order valence-corrected chi connectivity index (χ1v) is 9.39. The topological polar surface area (TPSA) is 0 Å². The Morgan fingerprint density at radius 2 is 1.29 bits per heavy atom. The lowest BCUT2D eigenvalue weighted by molar-refractivity contribution is 1.13. The molecule has 0 heterocycles. The standard InChI is InChI=1S/C13H20S4/c14-6-1-8-16-10-12-2-4-13(5-3-12)11-17-9-7-15/h2-5,14-15H,1,6-11H2. The number of thioether (sulfide) groups is 2. The number of hydrogen-bond donors (Lipinski definition) is 2. The van der Waals surface area contributed by atoms with E-state index in [2.05, 4.69) is 49.5 Å². The average molecular weight is 305 g/mol.